The molecule has 6 rings (SSSR count). The summed E-state index contributed by atoms with van der Waals surface area (Å²) >= 11 is 0. The zero-order valence-electron chi connectivity index (χ0n) is 30.8. The molecular weight excluding hydrogens is 656 g/mol. The molecule has 5 atom stereocenters. The van der Waals surface area contributed by atoms with Crippen LogP contribution in [-0.4, -0.2) is 84.9 Å². The van der Waals surface area contributed by atoms with Crippen molar-refractivity contribution < 1.29 is 33.2 Å². The average Bonchev–Trinajstić information content (AvgIpc) is 3.41. The molecule has 9 heteroatoms. The lowest BCUT2D eigenvalue weighted by Gasteiger charge is -2.44. The number of hydrogen-bond donors (Lipinski definition) is 0. The van der Waals surface area contributed by atoms with Crippen LogP contribution in [0, 0.1) is 0 Å². The molecule has 276 valence electrons. The van der Waals surface area contributed by atoms with Crippen molar-refractivity contribution in [2.75, 3.05) is 33.2 Å². The zero-order chi connectivity index (χ0) is 36.4. The Morgan fingerprint density at radius 3 is 1.58 bits per heavy atom. The number of rotatable bonds is 16. The molecule has 0 spiro atoms. The highest BCUT2D eigenvalue weighted by Crippen LogP contribution is 2.44. The smallest absolute Gasteiger partial charge is 0.254 e. The second kappa shape index (κ2) is 17.7. The van der Waals surface area contributed by atoms with E-state index >= 15 is 0 Å². The quantitative estimate of drug-likeness (QED) is 0.129. The van der Waals surface area contributed by atoms with Crippen molar-refractivity contribution in [2.24, 2.45) is 0 Å². The Morgan fingerprint density at radius 2 is 1.12 bits per heavy atom. The zero-order valence-corrected chi connectivity index (χ0v) is 30.8. The van der Waals surface area contributed by atoms with Gasteiger partial charge in [-0.1, -0.05) is 121 Å². The SMILES string of the molecule is C[C@H]1OC(C)(C)O[C@@]1(OCc1ccccc1)[C@@H](OCc1ccccc1)[C@H](OCc1ccccc1)[C@@H](OCc1ccccc1)C(=O)N1CCN(C)CC1. The molecule has 2 heterocycles. The highest BCUT2D eigenvalue weighted by molar-refractivity contribution is 5.82. The van der Waals surface area contributed by atoms with E-state index in [0.717, 1.165) is 35.3 Å². The van der Waals surface area contributed by atoms with Gasteiger partial charge in [-0.25, -0.2) is 0 Å². The molecule has 0 N–H and O–H groups in total. The summed E-state index contributed by atoms with van der Waals surface area (Å²) in [4.78, 5) is 19.0. The van der Waals surface area contributed by atoms with E-state index in [1.165, 1.54) is 0 Å². The maximum Gasteiger partial charge on any atom is 0.254 e. The Labute approximate surface area is 308 Å². The van der Waals surface area contributed by atoms with Crippen LogP contribution in [0.1, 0.15) is 43.0 Å². The van der Waals surface area contributed by atoms with E-state index in [2.05, 4.69) is 11.9 Å². The van der Waals surface area contributed by atoms with Gasteiger partial charge in [-0.05, 0) is 50.1 Å². The van der Waals surface area contributed by atoms with Crippen molar-refractivity contribution in [3.8, 4) is 0 Å². The van der Waals surface area contributed by atoms with Gasteiger partial charge in [-0.2, -0.15) is 0 Å². The van der Waals surface area contributed by atoms with Gasteiger partial charge in [-0.3, -0.25) is 4.79 Å². The Balaban J connectivity index is 1.45. The van der Waals surface area contributed by atoms with E-state index in [0.29, 0.717) is 13.1 Å². The summed E-state index contributed by atoms with van der Waals surface area (Å²) in [6.07, 6.45) is -3.68. The van der Waals surface area contributed by atoms with Crippen LogP contribution in [0.3, 0.4) is 0 Å². The number of piperazine rings is 1. The number of likely N-dealkylation sites (N-methyl/N-ethyl adjacent to an activating group) is 1. The third kappa shape index (κ3) is 9.73. The lowest BCUT2D eigenvalue weighted by molar-refractivity contribution is -0.331. The number of carbonyl (C=O) groups excluding carboxylic acids is 1. The van der Waals surface area contributed by atoms with Crippen LogP contribution in [0.4, 0.5) is 0 Å². The largest absolute Gasteiger partial charge is 0.367 e. The van der Waals surface area contributed by atoms with Crippen molar-refractivity contribution >= 4 is 5.91 Å². The van der Waals surface area contributed by atoms with Gasteiger partial charge in [0.15, 0.2) is 11.9 Å². The normalized spacial score (nSPS) is 22.2. The van der Waals surface area contributed by atoms with Crippen LogP contribution in [0.2, 0.25) is 0 Å². The number of benzene rings is 4. The molecule has 0 aliphatic carbocycles. The van der Waals surface area contributed by atoms with Crippen LogP contribution < -0.4 is 0 Å². The van der Waals surface area contributed by atoms with Crippen LogP contribution in [0.25, 0.3) is 0 Å². The van der Waals surface area contributed by atoms with E-state index in [-0.39, 0.29) is 32.3 Å². The monoisotopic (exact) mass is 708 g/mol. The molecule has 2 saturated heterocycles. The van der Waals surface area contributed by atoms with E-state index in [4.69, 9.17) is 28.4 Å². The highest BCUT2D eigenvalue weighted by atomic mass is 16.8. The molecule has 0 aromatic heterocycles. The standard InChI is InChI=1S/C43H52N2O7/c1-33-43(52-42(2,3)51-33,50-32-37-23-15-8-16-24-37)40(49-31-36-21-13-7-14-22-36)38(47-29-34-17-9-5-10-18-34)39(48-30-35-19-11-6-12-20-35)41(46)45-27-25-44(4)26-28-45/h5-24,33,38-40H,25-32H2,1-4H3/t33-,38-,39-,40+,43-/m1/s1. The van der Waals surface area contributed by atoms with E-state index in [9.17, 15) is 4.79 Å². The third-order valence-electron chi connectivity index (χ3n) is 9.62. The summed E-state index contributed by atoms with van der Waals surface area (Å²) in [6.45, 7) is 9.12. The fraction of sp³-hybridized carbons (Fsp3) is 0.419. The summed E-state index contributed by atoms with van der Waals surface area (Å²) in [5.41, 5.74) is 3.79. The highest BCUT2D eigenvalue weighted by Gasteiger charge is 2.62. The Bertz CT molecular complexity index is 1650. The molecule has 1 amide bonds. The molecular formula is C43H52N2O7. The van der Waals surface area contributed by atoms with Gasteiger partial charge in [0.2, 0.25) is 5.79 Å². The first-order chi connectivity index (χ1) is 25.2. The number of carbonyl (C=O) groups is 1. The number of hydrogen-bond acceptors (Lipinski definition) is 8. The minimum Gasteiger partial charge on any atom is -0.367 e. The first kappa shape index (κ1) is 37.8. The van der Waals surface area contributed by atoms with E-state index in [1.54, 1.807) is 0 Å². The van der Waals surface area contributed by atoms with Crippen LogP contribution >= 0.6 is 0 Å². The van der Waals surface area contributed by atoms with Gasteiger partial charge in [0.1, 0.15) is 18.3 Å². The molecule has 4 aromatic rings. The molecule has 2 aliphatic rings. The van der Waals surface area contributed by atoms with Gasteiger partial charge in [0.25, 0.3) is 5.91 Å². The third-order valence-corrected chi connectivity index (χ3v) is 9.62. The Morgan fingerprint density at radius 1 is 0.673 bits per heavy atom. The maximum atomic E-state index is 14.9. The molecule has 9 nitrogen and oxygen atoms in total. The average molecular weight is 709 g/mol. The number of nitrogens with zero attached hydrogens (tertiary/aromatic N) is 2. The predicted molar refractivity (Wildman–Crippen MR) is 199 cm³/mol. The lowest BCUT2D eigenvalue weighted by atomic mass is 9.94. The van der Waals surface area contributed by atoms with Gasteiger partial charge >= 0.3 is 0 Å². The molecule has 0 saturated carbocycles. The van der Waals surface area contributed by atoms with Crippen molar-refractivity contribution in [1.82, 2.24) is 9.80 Å². The maximum absolute atomic E-state index is 14.9. The second-order valence-corrected chi connectivity index (χ2v) is 14.1. The fourth-order valence-corrected chi connectivity index (χ4v) is 6.86. The van der Waals surface area contributed by atoms with Crippen molar-refractivity contribution in [3.05, 3.63) is 144 Å². The number of ether oxygens (including phenoxy) is 6. The molecule has 2 fully saturated rings. The van der Waals surface area contributed by atoms with E-state index < -0.39 is 36.0 Å². The predicted octanol–water partition coefficient (Wildman–Crippen LogP) is 6.60. The minimum atomic E-state index is -1.51. The van der Waals surface area contributed by atoms with E-state index in [1.807, 2.05) is 147 Å². The molecule has 0 radical (unpaired) electrons. The second-order valence-electron chi connectivity index (χ2n) is 14.1. The lowest BCUT2D eigenvalue weighted by Crippen LogP contribution is -2.64. The first-order valence-electron chi connectivity index (χ1n) is 18.2. The molecule has 2 aliphatic heterocycles. The summed E-state index contributed by atoms with van der Waals surface area (Å²) < 4.78 is 40.9. The van der Waals surface area contributed by atoms with Crippen LogP contribution in [0.5, 0.6) is 0 Å². The number of amides is 1. The summed E-state index contributed by atoms with van der Waals surface area (Å²) in [7, 11) is 2.07. The van der Waals surface area contributed by atoms with Crippen molar-refractivity contribution in [2.45, 2.75) is 83.2 Å². The fourth-order valence-electron chi connectivity index (χ4n) is 6.86. The minimum absolute atomic E-state index is 0.167. The molecule has 0 unspecified atom stereocenters. The first-order valence-corrected chi connectivity index (χ1v) is 18.2. The van der Waals surface area contributed by atoms with Crippen LogP contribution in [-0.2, 0) is 59.6 Å². The van der Waals surface area contributed by atoms with Crippen LogP contribution in [0.15, 0.2) is 121 Å². The summed E-state index contributed by atoms with van der Waals surface area (Å²) in [6, 6.07) is 39.6. The van der Waals surface area contributed by atoms with Gasteiger partial charge < -0.3 is 38.2 Å². The van der Waals surface area contributed by atoms with Crippen molar-refractivity contribution in [1.29, 1.82) is 0 Å². The molecule has 0 bridgehead atoms. The Hall–Kier alpha value is -3.93. The topological polar surface area (TPSA) is 78.9 Å². The Kier molecular flexibility index (Phi) is 12.9. The molecule has 4 aromatic carbocycles. The molecule has 52 heavy (non-hydrogen) atoms. The van der Waals surface area contributed by atoms with Crippen molar-refractivity contribution in [3.63, 3.8) is 0 Å². The van der Waals surface area contributed by atoms with Gasteiger partial charge in [0.05, 0.1) is 26.4 Å². The van der Waals surface area contributed by atoms with Gasteiger partial charge in [-0.15, -0.1) is 0 Å². The van der Waals surface area contributed by atoms with Gasteiger partial charge in [0, 0.05) is 26.2 Å². The summed E-state index contributed by atoms with van der Waals surface area (Å²) in [5.74, 6) is -2.71. The summed E-state index contributed by atoms with van der Waals surface area (Å²) in [5, 5.41) is 0.